The highest BCUT2D eigenvalue weighted by molar-refractivity contribution is 6.42. The van der Waals surface area contributed by atoms with Crippen molar-refractivity contribution < 1.29 is 0 Å². The topological polar surface area (TPSA) is 6.48 Å². The molecule has 1 saturated carbocycles. The zero-order chi connectivity index (χ0) is 15.1. The van der Waals surface area contributed by atoms with Crippen molar-refractivity contribution >= 4 is 28.9 Å². The first-order valence-electron chi connectivity index (χ1n) is 8.30. The fourth-order valence-corrected chi connectivity index (χ4v) is 4.60. The van der Waals surface area contributed by atoms with Gasteiger partial charge in [0.25, 0.3) is 0 Å². The van der Waals surface area contributed by atoms with Crippen LogP contribution >= 0.6 is 23.2 Å². The molecule has 0 amide bonds. The molecular formula is C18H22Cl2N2. The van der Waals surface area contributed by atoms with Crippen molar-refractivity contribution in [3.8, 4) is 0 Å². The standard InChI is InChI=1S/C18H22Cl2N2/c19-17-4-3-16(11-18(17)20)22-7-5-21(6-8-22)12-15-10-13-1-2-14(15)9-13/h1-4,11,13-15H,5-10,12H2. The summed E-state index contributed by atoms with van der Waals surface area (Å²) < 4.78 is 0. The van der Waals surface area contributed by atoms with Crippen LogP contribution in [0.15, 0.2) is 30.4 Å². The minimum Gasteiger partial charge on any atom is -0.369 e. The van der Waals surface area contributed by atoms with Gasteiger partial charge >= 0.3 is 0 Å². The molecule has 3 unspecified atom stereocenters. The molecule has 1 heterocycles. The van der Waals surface area contributed by atoms with Gasteiger partial charge in [0.15, 0.2) is 0 Å². The summed E-state index contributed by atoms with van der Waals surface area (Å²) in [5.41, 5.74) is 1.19. The molecule has 4 heteroatoms. The van der Waals surface area contributed by atoms with Crippen LogP contribution < -0.4 is 4.90 Å². The Labute approximate surface area is 142 Å². The van der Waals surface area contributed by atoms with E-state index in [1.54, 1.807) is 0 Å². The second-order valence-corrected chi connectivity index (χ2v) is 7.74. The van der Waals surface area contributed by atoms with Crippen molar-refractivity contribution in [3.05, 3.63) is 40.4 Å². The lowest BCUT2D eigenvalue weighted by atomic mass is 9.93. The summed E-state index contributed by atoms with van der Waals surface area (Å²) in [6, 6.07) is 5.96. The lowest BCUT2D eigenvalue weighted by Gasteiger charge is -2.38. The minimum atomic E-state index is 0.633. The Morgan fingerprint density at radius 3 is 2.41 bits per heavy atom. The highest BCUT2D eigenvalue weighted by Crippen LogP contribution is 2.43. The van der Waals surface area contributed by atoms with Crippen molar-refractivity contribution in [2.24, 2.45) is 17.8 Å². The van der Waals surface area contributed by atoms with Crippen LogP contribution in [0.2, 0.25) is 10.0 Å². The van der Waals surface area contributed by atoms with Crippen LogP contribution in [0.3, 0.4) is 0 Å². The molecule has 22 heavy (non-hydrogen) atoms. The van der Waals surface area contributed by atoms with E-state index in [4.69, 9.17) is 23.2 Å². The van der Waals surface area contributed by atoms with Gasteiger partial charge in [0.1, 0.15) is 0 Å². The Bertz CT molecular complexity index is 578. The molecule has 2 nitrogen and oxygen atoms in total. The molecule has 4 rings (SSSR count). The van der Waals surface area contributed by atoms with Crippen LogP contribution in [0.1, 0.15) is 12.8 Å². The summed E-state index contributed by atoms with van der Waals surface area (Å²) in [6.45, 7) is 5.74. The number of benzene rings is 1. The number of hydrogen-bond donors (Lipinski definition) is 0. The van der Waals surface area contributed by atoms with Crippen molar-refractivity contribution in [3.63, 3.8) is 0 Å². The number of rotatable bonds is 3. The number of piperazine rings is 1. The average molecular weight is 337 g/mol. The molecular weight excluding hydrogens is 315 g/mol. The van der Waals surface area contributed by atoms with Gasteiger partial charge in [0.05, 0.1) is 10.0 Å². The number of anilines is 1. The van der Waals surface area contributed by atoms with Gasteiger partial charge in [0, 0.05) is 38.4 Å². The highest BCUT2D eigenvalue weighted by atomic mass is 35.5. The van der Waals surface area contributed by atoms with E-state index in [2.05, 4.69) is 28.0 Å². The number of allylic oxidation sites excluding steroid dienone is 2. The molecule has 1 saturated heterocycles. The third-order valence-electron chi connectivity index (χ3n) is 5.55. The van der Waals surface area contributed by atoms with Gasteiger partial charge in [-0.05, 0) is 48.8 Å². The van der Waals surface area contributed by atoms with E-state index in [-0.39, 0.29) is 0 Å². The first-order valence-corrected chi connectivity index (χ1v) is 9.05. The molecule has 2 fully saturated rings. The summed E-state index contributed by atoms with van der Waals surface area (Å²) >= 11 is 12.1. The molecule has 1 aromatic carbocycles. The van der Waals surface area contributed by atoms with Gasteiger partial charge < -0.3 is 4.90 Å². The van der Waals surface area contributed by atoms with Gasteiger partial charge in [-0.15, -0.1) is 0 Å². The van der Waals surface area contributed by atoms with Crippen LogP contribution in [-0.4, -0.2) is 37.6 Å². The lowest BCUT2D eigenvalue weighted by Crippen LogP contribution is -2.48. The Hall–Kier alpha value is -0.700. The highest BCUT2D eigenvalue weighted by Gasteiger charge is 2.36. The predicted molar refractivity (Wildman–Crippen MR) is 94.0 cm³/mol. The molecule has 2 aliphatic carbocycles. The van der Waals surface area contributed by atoms with Crippen molar-refractivity contribution in [2.75, 3.05) is 37.6 Å². The van der Waals surface area contributed by atoms with E-state index in [0.29, 0.717) is 10.0 Å². The first-order chi connectivity index (χ1) is 10.7. The number of fused-ring (bicyclic) bond motifs is 2. The Balaban J connectivity index is 1.32. The first kappa shape index (κ1) is 14.9. The number of nitrogens with zero attached hydrogens (tertiary/aromatic N) is 2. The summed E-state index contributed by atoms with van der Waals surface area (Å²) in [5.74, 6) is 2.64. The van der Waals surface area contributed by atoms with Gasteiger partial charge in [-0.1, -0.05) is 35.4 Å². The molecule has 3 atom stereocenters. The fraction of sp³-hybridized carbons (Fsp3) is 0.556. The van der Waals surface area contributed by atoms with E-state index in [1.807, 2.05) is 12.1 Å². The maximum atomic E-state index is 6.14. The molecule has 118 valence electrons. The van der Waals surface area contributed by atoms with Gasteiger partial charge in [-0.2, -0.15) is 0 Å². The molecule has 2 bridgehead atoms. The largest absolute Gasteiger partial charge is 0.369 e. The van der Waals surface area contributed by atoms with Crippen LogP contribution in [0.25, 0.3) is 0 Å². The van der Waals surface area contributed by atoms with Crippen LogP contribution in [0.4, 0.5) is 5.69 Å². The normalized spacial score (nSPS) is 31.2. The van der Waals surface area contributed by atoms with E-state index < -0.39 is 0 Å². The van der Waals surface area contributed by atoms with Gasteiger partial charge in [-0.25, -0.2) is 0 Å². The Morgan fingerprint density at radius 1 is 0.955 bits per heavy atom. The Morgan fingerprint density at radius 2 is 1.77 bits per heavy atom. The van der Waals surface area contributed by atoms with E-state index in [1.165, 1.54) is 25.1 Å². The summed E-state index contributed by atoms with van der Waals surface area (Å²) in [5, 5.41) is 1.28. The monoisotopic (exact) mass is 336 g/mol. The summed E-state index contributed by atoms with van der Waals surface area (Å²) in [7, 11) is 0. The SMILES string of the molecule is Clc1ccc(N2CCN(CC3CC4C=CC3C4)CC2)cc1Cl. The fourth-order valence-electron chi connectivity index (χ4n) is 4.31. The maximum Gasteiger partial charge on any atom is 0.0612 e. The molecule has 1 aromatic rings. The lowest BCUT2D eigenvalue weighted by molar-refractivity contribution is 0.204. The quantitative estimate of drug-likeness (QED) is 0.758. The number of halogens is 2. The molecule has 3 aliphatic rings. The van der Waals surface area contributed by atoms with E-state index >= 15 is 0 Å². The van der Waals surface area contributed by atoms with Crippen molar-refractivity contribution in [2.45, 2.75) is 12.8 Å². The molecule has 0 aromatic heterocycles. The van der Waals surface area contributed by atoms with E-state index in [9.17, 15) is 0 Å². The second kappa shape index (κ2) is 6.07. The summed E-state index contributed by atoms with van der Waals surface area (Å²) in [6.07, 6.45) is 7.72. The van der Waals surface area contributed by atoms with Crippen molar-refractivity contribution in [1.29, 1.82) is 0 Å². The van der Waals surface area contributed by atoms with Crippen LogP contribution in [-0.2, 0) is 0 Å². The zero-order valence-electron chi connectivity index (χ0n) is 12.7. The zero-order valence-corrected chi connectivity index (χ0v) is 14.2. The minimum absolute atomic E-state index is 0.633. The molecule has 0 radical (unpaired) electrons. The predicted octanol–water partition coefficient (Wildman–Crippen LogP) is 4.33. The van der Waals surface area contributed by atoms with Gasteiger partial charge in [-0.3, -0.25) is 4.90 Å². The summed E-state index contributed by atoms with van der Waals surface area (Å²) in [4.78, 5) is 5.06. The molecule has 0 spiro atoms. The average Bonchev–Trinajstić information content (AvgIpc) is 3.14. The molecule has 0 N–H and O–H groups in total. The third kappa shape index (κ3) is 2.89. The smallest absolute Gasteiger partial charge is 0.0612 e. The number of hydrogen-bond acceptors (Lipinski definition) is 2. The van der Waals surface area contributed by atoms with E-state index in [0.717, 1.165) is 43.9 Å². The van der Waals surface area contributed by atoms with Crippen LogP contribution in [0.5, 0.6) is 0 Å². The molecule has 1 aliphatic heterocycles. The van der Waals surface area contributed by atoms with Crippen molar-refractivity contribution in [1.82, 2.24) is 4.90 Å². The second-order valence-electron chi connectivity index (χ2n) is 6.93. The van der Waals surface area contributed by atoms with Gasteiger partial charge in [0.2, 0.25) is 0 Å². The maximum absolute atomic E-state index is 6.14. The Kier molecular flexibility index (Phi) is 4.10. The van der Waals surface area contributed by atoms with Crippen LogP contribution in [0, 0.1) is 17.8 Å². The third-order valence-corrected chi connectivity index (χ3v) is 6.29.